The van der Waals surface area contributed by atoms with E-state index in [2.05, 4.69) is 15.3 Å². The molecule has 0 saturated carbocycles. The molecule has 5 nitrogen and oxygen atoms in total. The summed E-state index contributed by atoms with van der Waals surface area (Å²) < 4.78 is 11.0. The Morgan fingerprint density at radius 2 is 1.95 bits per heavy atom. The van der Waals surface area contributed by atoms with Gasteiger partial charge in [-0.2, -0.15) is 0 Å². The van der Waals surface area contributed by atoms with Crippen molar-refractivity contribution in [2.45, 2.75) is 26.3 Å². The summed E-state index contributed by atoms with van der Waals surface area (Å²) in [5, 5.41) is 3.41. The van der Waals surface area contributed by atoms with Crippen molar-refractivity contribution in [1.29, 1.82) is 0 Å². The first-order valence-corrected chi connectivity index (χ1v) is 7.05. The smallest absolute Gasteiger partial charge is 0.223 e. The Morgan fingerprint density at radius 1 is 1.19 bits per heavy atom. The number of hydrogen-bond acceptors (Lipinski definition) is 5. The van der Waals surface area contributed by atoms with Gasteiger partial charge in [0.15, 0.2) is 0 Å². The number of nitrogens with zero attached hydrogens (tertiary/aromatic N) is 2. The summed E-state index contributed by atoms with van der Waals surface area (Å²) in [7, 11) is 1.66. The molecule has 1 aliphatic rings. The van der Waals surface area contributed by atoms with Crippen LogP contribution in [-0.4, -0.2) is 23.7 Å². The molecule has 0 saturated heterocycles. The zero-order chi connectivity index (χ0) is 14.8. The number of fused-ring (bicyclic) bond motifs is 1. The predicted molar refractivity (Wildman–Crippen MR) is 81.0 cm³/mol. The Balaban J connectivity index is 1.88. The number of anilines is 1. The first-order chi connectivity index (χ1) is 10.2. The number of hydrogen-bond donors (Lipinski definition) is 1. The summed E-state index contributed by atoms with van der Waals surface area (Å²) in [4.78, 5) is 8.89. The molecule has 0 aliphatic carbocycles. The molecule has 0 amide bonds. The molecule has 3 rings (SSSR count). The van der Waals surface area contributed by atoms with Crippen molar-refractivity contribution in [3.63, 3.8) is 0 Å². The van der Waals surface area contributed by atoms with E-state index in [-0.39, 0.29) is 6.04 Å². The lowest BCUT2D eigenvalue weighted by Crippen LogP contribution is -2.21. The van der Waals surface area contributed by atoms with Crippen molar-refractivity contribution in [2.24, 2.45) is 0 Å². The van der Waals surface area contributed by atoms with Gasteiger partial charge < -0.3 is 14.8 Å². The zero-order valence-corrected chi connectivity index (χ0v) is 12.5. The third-order valence-electron chi connectivity index (χ3n) is 3.55. The number of methoxy groups -OCH3 is 1. The van der Waals surface area contributed by atoms with E-state index in [1.54, 1.807) is 7.11 Å². The Kier molecular flexibility index (Phi) is 3.64. The average molecular weight is 285 g/mol. The predicted octanol–water partition coefficient (Wildman–Crippen LogP) is 3.04. The highest BCUT2D eigenvalue weighted by atomic mass is 16.5. The van der Waals surface area contributed by atoms with Gasteiger partial charge in [-0.3, -0.25) is 0 Å². The van der Waals surface area contributed by atoms with Crippen LogP contribution in [0.5, 0.6) is 11.5 Å². The lowest BCUT2D eigenvalue weighted by molar-refractivity contribution is 0.272. The molecule has 0 radical (unpaired) electrons. The number of benzene rings is 1. The maximum atomic E-state index is 5.72. The van der Waals surface area contributed by atoms with Crippen molar-refractivity contribution in [2.75, 3.05) is 19.0 Å². The maximum Gasteiger partial charge on any atom is 0.223 e. The quantitative estimate of drug-likeness (QED) is 0.939. The van der Waals surface area contributed by atoms with Gasteiger partial charge in [-0.1, -0.05) is 0 Å². The molecule has 1 atom stereocenters. The second-order valence-corrected chi connectivity index (χ2v) is 5.21. The number of aryl methyl sites for hydroxylation is 2. The molecule has 5 heteroatoms. The Hall–Kier alpha value is -2.30. The lowest BCUT2D eigenvalue weighted by atomic mass is 10.0. The van der Waals surface area contributed by atoms with Crippen LogP contribution in [0.15, 0.2) is 24.3 Å². The van der Waals surface area contributed by atoms with Crippen LogP contribution in [0.4, 0.5) is 5.95 Å². The fourth-order valence-electron chi connectivity index (χ4n) is 2.59. The Bertz CT molecular complexity index is 638. The van der Waals surface area contributed by atoms with Crippen LogP contribution in [0, 0.1) is 13.8 Å². The zero-order valence-electron chi connectivity index (χ0n) is 12.5. The molecule has 1 aromatic carbocycles. The largest absolute Gasteiger partial charge is 0.497 e. The molecule has 2 heterocycles. The minimum atomic E-state index is 0.154. The van der Waals surface area contributed by atoms with Gasteiger partial charge in [0.05, 0.1) is 19.8 Å². The molecule has 21 heavy (non-hydrogen) atoms. The minimum absolute atomic E-state index is 0.154. The minimum Gasteiger partial charge on any atom is -0.497 e. The van der Waals surface area contributed by atoms with Gasteiger partial charge in [-0.05, 0) is 32.0 Å². The van der Waals surface area contributed by atoms with Crippen molar-refractivity contribution in [1.82, 2.24) is 9.97 Å². The number of nitrogens with one attached hydrogen (secondary N) is 1. The van der Waals surface area contributed by atoms with E-state index >= 15 is 0 Å². The molecule has 1 aromatic heterocycles. The number of rotatable bonds is 3. The van der Waals surface area contributed by atoms with Crippen molar-refractivity contribution < 1.29 is 9.47 Å². The topological polar surface area (TPSA) is 56.3 Å². The van der Waals surface area contributed by atoms with E-state index in [1.807, 2.05) is 38.1 Å². The van der Waals surface area contributed by atoms with Gasteiger partial charge in [0, 0.05) is 29.4 Å². The van der Waals surface area contributed by atoms with Gasteiger partial charge in [0.25, 0.3) is 0 Å². The van der Waals surface area contributed by atoms with E-state index in [0.29, 0.717) is 12.6 Å². The SMILES string of the molecule is COc1ccc2c(c1)OCCC2Nc1nc(C)cc(C)n1. The van der Waals surface area contributed by atoms with Gasteiger partial charge >= 0.3 is 0 Å². The fourth-order valence-corrected chi connectivity index (χ4v) is 2.59. The summed E-state index contributed by atoms with van der Waals surface area (Å²) in [6.07, 6.45) is 0.885. The van der Waals surface area contributed by atoms with E-state index in [9.17, 15) is 0 Å². The molecule has 110 valence electrons. The summed E-state index contributed by atoms with van der Waals surface area (Å²) in [5.41, 5.74) is 3.05. The normalized spacial score (nSPS) is 16.8. The van der Waals surface area contributed by atoms with E-state index < -0.39 is 0 Å². The average Bonchev–Trinajstić information content (AvgIpc) is 2.46. The molecular formula is C16H19N3O2. The third kappa shape index (κ3) is 2.91. The van der Waals surface area contributed by atoms with Crippen molar-refractivity contribution >= 4 is 5.95 Å². The second kappa shape index (κ2) is 5.60. The van der Waals surface area contributed by atoms with Crippen LogP contribution < -0.4 is 14.8 Å². The third-order valence-corrected chi connectivity index (χ3v) is 3.55. The van der Waals surface area contributed by atoms with E-state index in [0.717, 1.165) is 34.9 Å². The summed E-state index contributed by atoms with van der Waals surface area (Å²) in [6.45, 7) is 4.62. The van der Waals surface area contributed by atoms with Gasteiger partial charge in [-0.15, -0.1) is 0 Å². The molecule has 0 fully saturated rings. The second-order valence-electron chi connectivity index (χ2n) is 5.21. The molecule has 1 unspecified atom stereocenters. The fraction of sp³-hybridized carbons (Fsp3) is 0.375. The first kappa shape index (κ1) is 13.7. The van der Waals surface area contributed by atoms with Crippen molar-refractivity contribution in [3.8, 4) is 11.5 Å². The molecular weight excluding hydrogens is 266 g/mol. The number of ether oxygens (including phenoxy) is 2. The maximum absolute atomic E-state index is 5.72. The van der Waals surface area contributed by atoms with E-state index in [1.165, 1.54) is 0 Å². The molecule has 1 aliphatic heterocycles. The summed E-state index contributed by atoms with van der Waals surface area (Å²) >= 11 is 0. The Morgan fingerprint density at radius 3 is 2.67 bits per heavy atom. The van der Waals surface area contributed by atoms with Crippen LogP contribution in [0.2, 0.25) is 0 Å². The molecule has 1 N–H and O–H groups in total. The standard InChI is InChI=1S/C16H19N3O2/c1-10-8-11(2)18-16(17-10)19-14-6-7-21-15-9-12(20-3)4-5-13(14)15/h4-5,8-9,14H,6-7H2,1-3H3,(H,17,18,19). The molecule has 0 spiro atoms. The van der Waals surface area contributed by atoms with Crippen LogP contribution >= 0.6 is 0 Å². The highest BCUT2D eigenvalue weighted by Crippen LogP contribution is 2.36. The molecule has 0 bridgehead atoms. The summed E-state index contributed by atoms with van der Waals surface area (Å²) in [5.74, 6) is 2.33. The number of aromatic nitrogens is 2. The van der Waals surface area contributed by atoms with Gasteiger partial charge in [0.2, 0.25) is 5.95 Å². The van der Waals surface area contributed by atoms with Gasteiger partial charge in [0.1, 0.15) is 11.5 Å². The first-order valence-electron chi connectivity index (χ1n) is 7.05. The highest BCUT2D eigenvalue weighted by Gasteiger charge is 2.22. The van der Waals surface area contributed by atoms with Crippen molar-refractivity contribution in [3.05, 3.63) is 41.2 Å². The van der Waals surface area contributed by atoms with E-state index in [4.69, 9.17) is 9.47 Å². The van der Waals surface area contributed by atoms with Crippen LogP contribution in [0.3, 0.4) is 0 Å². The lowest BCUT2D eigenvalue weighted by Gasteiger charge is -2.27. The van der Waals surface area contributed by atoms with Crippen LogP contribution in [0.25, 0.3) is 0 Å². The Labute approximate surface area is 124 Å². The molecule has 2 aromatic rings. The van der Waals surface area contributed by atoms with Gasteiger partial charge in [-0.25, -0.2) is 9.97 Å². The monoisotopic (exact) mass is 285 g/mol. The van der Waals surface area contributed by atoms with Crippen LogP contribution in [0.1, 0.15) is 29.4 Å². The summed E-state index contributed by atoms with van der Waals surface area (Å²) in [6, 6.07) is 8.03. The highest BCUT2D eigenvalue weighted by molar-refractivity contribution is 5.46. The van der Waals surface area contributed by atoms with Crippen LogP contribution in [-0.2, 0) is 0 Å².